The summed E-state index contributed by atoms with van der Waals surface area (Å²) in [5.74, 6) is -0.964. The Hall–Kier alpha value is -1.81. The van der Waals surface area contributed by atoms with E-state index < -0.39 is 11.6 Å². The van der Waals surface area contributed by atoms with Gasteiger partial charge in [0.1, 0.15) is 11.6 Å². The smallest absolute Gasteiger partial charge is 0.132 e. The van der Waals surface area contributed by atoms with Crippen molar-refractivity contribution >= 4 is 0 Å². The molecule has 88 valence electrons. The van der Waals surface area contributed by atoms with Gasteiger partial charge in [0.2, 0.25) is 0 Å². The molecule has 0 aliphatic carbocycles. The molecule has 0 unspecified atom stereocenters. The fourth-order valence-electron chi connectivity index (χ4n) is 1.72. The van der Waals surface area contributed by atoms with Crippen LogP contribution in [0.1, 0.15) is 5.56 Å². The monoisotopic (exact) mass is 234 g/mol. The zero-order valence-corrected chi connectivity index (χ0v) is 9.16. The lowest BCUT2D eigenvalue weighted by atomic mass is 10.0. The van der Waals surface area contributed by atoms with Gasteiger partial charge in [0.05, 0.1) is 5.69 Å². The molecular weight excluding hydrogens is 222 g/mol. The Labute approximate surface area is 98.1 Å². The molecule has 2 nitrogen and oxygen atoms in total. The molecule has 0 amide bonds. The summed E-state index contributed by atoms with van der Waals surface area (Å²) in [6.45, 7) is 0.440. The van der Waals surface area contributed by atoms with E-state index in [1.807, 2.05) is 6.07 Å². The van der Waals surface area contributed by atoms with Crippen molar-refractivity contribution < 1.29 is 8.78 Å². The quantitative estimate of drug-likeness (QED) is 0.886. The summed E-state index contributed by atoms with van der Waals surface area (Å²) in [6.07, 6.45) is 2.14. The van der Waals surface area contributed by atoms with Gasteiger partial charge in [-0.05, 0) is 42.8 Å². The van der Waals surface area contributed by atoms with Crippen LogP contribution >= 0.6 is 0 Å². The van der Waals surface area contributed by atoms with Crippen molar-refractivity contribution in [3.05, 3.63) is 53.7 Å². The number of pyridine rings is 1. The van der Waals surface area contributed by atoms with Gasteiger partial charge < -0.3 is 5.73 Å². The molecule has 0 spiro atoms. The highest BCUT2D eigenvalue weighted by Gasteiger charge is 2.11. The first-order valence-electron chi connectivity index (χ1n) is 5.31. The van der Waals surface area contributed by atoms with Gasteiger partial charge >= 0.3 is 0 Å². The third-order valence-corrected chi connectivity index (χ3v) is 2.49. The van der Waals surface area contributed by atoms with E-state index in [4.69, 9.17) is 5.73 Å². The fourth-order valence-corrected chi connectivity index (χ4v) is 1.72. The standard InChI is InChI=1S/C13H12F2N2/c14-10-3-4-12(15)11(8-10)13-9(5-6-16)2-1-7-17-13/h1-4,7-8H,5-6,16H2. The number of benzene rings is 1. The van der Waals surface area contributed by atoms with E-state index >= 15 is 0 Å². The topological polar surface area (TPSA) is 38.9 Å². The van der Waals surface area contributed by atoms with E-state index in [0.29, 0.717) is 18.7 Å². The molecule has 0 aliphatic heterocycles. The van der Waals surface area contributed by atoms with Crippen LogP contribution in [0.3, 0.4) is 0 Å². The number of halogens is 2. The van der Waals surface area contributed by atoms with E-state index in [2.05, 4.69) is 4.98 Å². The van der Waals surface area contributed by atoms with Crippen LogP contribution in [0.2, 0.25) is 0 Å². The molecule has 0 aliphatic rings. The minimum atomic E-state index is -0.483. The average Bonchev–Trinajstić information content (AvgIpc) is 2.34. The van der Waals surface area contributed by atoms with Gasteiger partial charge in [-0.1, -0.05) is 6.07 Å². The van der Waals surface area contributed by atoms with E-state index in [1.165, 1.54) is 0 Å². The molecule has 1 heterocycles. The predicted octanol–water partition coefficient (Wildman–Crippen LogP) is 2.53. The Morgan fingerprint density at radius 3 is 2.76 bits per heavy atom. The molecule has 1 aromatic heterocycles. The fraction of sp³-hybridized carbons (Fsp3) is 0.154. The lowest BCUT2D eigenvalue weighted by Crippen LogP contribution is -2.05. The van der Waals surface area contributed by atoms with Gasteiger partial charge in [-0.15, -0.1) is 0 Å². The summed E-state index contributed by atoms with van der Waals surface area (Å²) in [6, 6.07) is 6.92. The third-order valence-electron chi connectivity index (χ3n) is 2.49. The lowest BCUT2D eigenvalue weighted by Gasteiger charge is -2.08. The van der Waals surface area contributed by atoms with E-state index in [-0.39, 0.29) is 5.56 Å². The summed E-state index contributed by atoms with van der Waals surface area (Å²) >= 11 is 0. The summed E-state index contributed by atoms with van der Waals surface area (Å²) in [4.78, 5) is 4.11. The molecule has 0 atom stereocenters. The van der Waals surface area contributed by atoms with Gasteiger partial charge in [-0.2, -0.15) is 0 Å². The Morgan fingerprint density at radius 1 is 1.18 bits per heavy atom. The van der Waals surface area contributed by atoms with Gasteiger partial charge in [-0.3, -0.25) is 4.98 Å². The number of rotatable bonds is 3. The van der Waals surface area contributed by atoms with Crippen LogP contribution in [-0.2, 0) is 6.42 Å². The number of hydrogen-bond acceptors (Lipinski definition) is 2. The van der Waals surface area contributed by atoms with Crippen molar-refractivity contribution in [2.24, 2.45) is 5.73 Å². The molecule has 1 aromatic carbocycles. The van der Waals surface area contributed by atoms with Crippen LogP contribution in [-0.4, -0.2) is 11.5 Å². The first kappa shape index (κ1) is 11.7. The molecule has 2 rings (SSSR count). The molecule has 17 heavy (non-hydrogen) atoms. The van der Waals surface area contributed by atoms with Crippen molar-refractivity contribution in [1.82, 2.24) is 4.98 Å². The van der Waals surface area contributed by atoms with Crippen LogP contribution in [0.4, 0.5) is 8.78 Å². The van der Waals surface area contributed by atoms with E-state index in [1.54, 1.807) is 12.3 Å². The minimum absolute atomic E-state index is 0.175. The van der Waals surface area contributed by atoms with Gasteiger partial charge in [0, 0.05) is 11.8 Å². The zero-order valence-electron chi connectivity index (χ0n) is 9.16. The van der Waals surface area contributed by atoms with Crippen molar-refractivity contribution in [2.45, 2.75) is 6.42 Å². The summed E-state index contributed by atoms with van der Waals surface area (Å²) in [5.41, 5.74) is 6.93. The normalized spacial score (nSPS) is 10.5. The highest BCUT2D eigenvalue weighted by Crippen LogP contribution is 2.25. The number of aromatic nitrogens is 1. The predicted molar refractivity (Wildman–Crippen MR) is 62.3 cm³/mol. The second kappa shape index (κ2) is 5.01. The molecule has 0 saturated heterocycles. The maximum absolute atomic E-state index is 13.6. The van der Waals surface area contributed by atoms with E-state index in [0.717, 1.165) is 23.8 Å². The second-order valence-electron chi connectivity index (χ2n) is 3.67. The molecule has 0 bridgehead atoms. The maximum atomic E-state index is 13.6. The van der Waals surface area contributed by atoms with Crippen LogP contribution in [0.25, 0.3) is 11.3 Å². The Balaban J connectivity index is 2.55. The highest BCUT2D eigenvalue weighted by molar-refractivity contribution is 5.63. The van der Waals surface area contributed by atoms with E-state index in [9.17, 15) is 8.78 Å². The first-order chi connectivity index (χ1) is 8.22. The van der Waals surface area contributed by atoms with Crippen molar-refractivity contribution in [3.8, 4) is 11.3 Å². The largest absolute Gasteiger partial charge is 0.330 e. The zero-order chi connectivity index (χ0) is 12.3. The molecule has 2 aromatic rings. The second-order valence-corrected chi connectivity index (χ2v) is 3.67. The van der Waals surface area contributed by atoms with Crippen LogP contribution < -0.4 is 5.73 Å². The Kier molecular flexibility index (Phi) is 3.44. The SMILES string of the molecule is NCCc1cccnc1-c1cc(F)ccc1F. The Bertz CT molecular complexity index is 527. The van der Waals surface area contributed by atoms with Crippen molar-refractivity contribution in [1.29, 1.82) is 0 Å². The number of hydrogen-bond donors (Lipinski definition) is 1. The van der Waals surface area contributed by atoms with Crippen molar-refractivity contribution in [3.63, 3.8) is 0 Å². The third kappa shape index (κ3) is 2.47. The lowest BCUT2D eigenvalue weighted by molar-refractivity contribution is 0.602. The molecule has 0 saturated carbocycles. The van der Waals surface area contributed by atoms with Gasteiger partial charge in [0.15, 0.2) is 0 Å². The molecule has 0 radical (unpaired) electrons. The molecule has 2 N–H and O–H groups in total. The summed E-state index contributed by atoms with van der Waals surface area (Å²) in [7, 11) is 0. The summed E-state index contributed by atoms with van der Waals surface area (Å²) in [5, 5.41) is 0. The summed E-state index contributed by atoms with van der Waals surface area (Å²) < 4.78 is 26.8. The van der Waals surface area contributed by atoms with Crippen LogP contribution in [0.15, 0.2) is 36.5 Å². The maximum Gasteiger partial charge on any atom is 0.132 e. The highest BCUT2D eigenvalue weighted by atomic mass is 19.1. The molecular formula is C13H12F2N2. The van der Waals surface area contributed by atoms with Crippen LogP contribution in [0, 0.1) is 11.6 Å². The molecule has 0 fully saturated rings. The molecule has 4 heteroatoms. The first-order valence-corrected chi connectivity index (χ1v) is 5.31. The number of nitrogens with two attached hydrogens (primary N) is 1. The van der Waals surface area contributed by atoms with Crippen molar-refractivity contribution in [2.75, 3.05) is 6.54 Å². The Morgan fingerprint density at radius 2 is 2.00 bits per heavy atom. The van der Waals surface area contributed by atoms with Crippen LogP contribution in [0.5, 0.6) is 0 Å². The minimum Gasteiger partial charge on any atom is -0.330 e. The number of nitrogens with zero attached hydrogens (tertiary/aromatic N) is 1. The van der Waals surface area contributed by atoms with Gasteiger partial charge in [0.25, 0.3) is 0 Å². The average molecular weight is 234 g/mol. The van der Waals surface area contributed by atoms with Gasteiger partial charge in [-0.25, -0.2) is 8.78 Å².